The van der Waals surface area contributed by atoms with Crippen LogP contribution in [0.4, 0.5) is 0 Å². The molecule has 2 aromatic rings. The molecular weight excluding hydrogens is 239 g/mol. The number of rotatable bonds is 2. The standard InChI is InChI=1S/C9H6Cl2N2O2/c10-5-1-2-7(11)6(3-5)9-12-8(4-14)15-13-9/h1-3,14H,4H2. The molecule has 0 spiro atoms. The Balaban J connectivity index is 2.48. The minimum absolute atomic E-state index is 0.140. The van der Waals surface area contributed by atoms with Crippen LogP contribution in [0.5, 0.6) is 0 Å². The zero-order chi connectivity index (χ0) is 10.8. The molecule has 0 amide bonds. The van der Waals surface area contributed by atoms with Crippen molar-refractivity contribution < 1.29 is 9.63 Å². The van der Waals surface area contributed by atoms with Crippen molar-refractivity contribution in [3.8, 4) is 11.4 Å². The molecule has 78 valence electrons. The van der Waals surface area contributed by atoms with Gasteiger partial charge in [-0.3, -0.25) is 0 Å². The van der Waals surface area contributed by atoms with Gasteiger partial charge in [0.1, 0.15) is 6.61 Å². The second kappa shape index (κ2) is 4.18. The molecule has 4 nitrogen and oxygen atoms in total. The van der Waals surface area contributed by atoms with Gasteiger partial charge in [0.2, 0.25) is 5.82 Å². The van der Waals surface area contributed by atoms with Crippen molar-refractivity contribution in [2.75, 3.05) is 0 Å². The van der Waals surface area contributed by atoms with Crippen LogP contribution in [0.1, 0.15) is 5.89 Å². The first-order valence-corrected chi connectivity index (χ1v) is 4.85. The first-order chi connectivity index (χ1) is 7.20. The van der Waals surface area contributed by atoms with Gasteiger partial charge < -0.3 is 9.63 Å². The maximum absolute atomic E-state index is 8.77. The van der Waals surface area contributed by atoms with Gasteiger partial charge in [-0.1, -0.05) is 28.4 Å². The van der Waals surface area contributed by atoms with Gasteiger partial charge in [0.05, 0.1) is 5.02 Å². The first-order valence-electron chi connectivity index (χ1n) is 4.09. The molecule has 0 saturated carbocycles. The summed E-state index contributed by atoms with van der Waals surface area (Å²) in [5, 5.41) is 13.4. The molecule has 0 saturated heterocycles. The summed E-state index contributed by atoms with van der Waals surface area (Å²) in [4.78, 5) is 3.93. The summed E-state index contributed by atoms with van der Waals surface area (Å²) < 4.78 is 4.75. The number of halogens is 2. The molecule has 0 fully saturated rings. The smallest absolute Gasteiger partial charge is 0.252 e. The molecule has 1 aromatic heterocycles. The van der Waals surface area contributed by atoms with E-state index in [0.29, 0.717) is 21.4 Å². The van der Waals surface area contributed by atoms with Crippen LogP contribution < -0.4 is 0 Å². The van der Waals surface area contributed by atoms with E-state index in [1.807, 2.05) is 0 Å². The summed E-state index contributed by atoms with van der Waals surface area (Å²) in [6.07, 6.45) is 0. The summed E-state index contributed by atoms with van der Waals surface area (Å²) in [5.74, 6) is 0.451. The maximum atomic E-state index is 8.77. The molecule has 1 heterocycles. The summed E-state index contributed by atoms with van der Waals surface area (Å²) >= 11 is 11.8. The molecule has 0 aliphatic heterocycles. The van der Waals surface area contributed by atoms with Crippen molar-refractivity contribution in [2.45, 2.75) is 6.61 Å². The van der Waals surface area contributed by atoms with Crippen LogP contribution in [0.3, 0.4) is 0 Å². The van der Waals surface area contributed by atoms with E-state index in [1.165, 1.54) is 0 Å². The lowest BCUT2D eigenvalue weighted by molar-refractivity contribution is 0.222. The third-order valence-corrected chi connectivity index (χ3v) is 2.34. The predicted molar refractivity (Wildman–Crippen MR) is 55.7 cm³/mol. The fourth-order valence-electron chi connectivity index (χ4n) is 1.10. The van der Waals surface area contributed by atoms with Crippen molar-refractivity contribution in [3.63, 3.8) is 0 Å². The Bertz CT molecular complexity index is 485. The van der Waals surface area contributed by atoms with Gasteiger partial charge in [0.25, 0.3) is 5.89 Å². The lowest BCUT2D eigenvalue weighted by atomic mass is 10.2. The fourth-order valence-corrected chi connectivity index (χ4v) is 1.47. The van der Waals surface area contributed by atoms with Gasteiger partial charge in [-0.25, -0.2) is 0 Å². The van der Waals surface area contributed by atoms with Crippen LogP contribution in [0.25, 0.3) is 11.4 Å². The van der Waals surface area contributed by atoms with Crippen LogP contribution in [0, 0.1) is 0 Å². The van der Waals surface area contributed by atoms with Gasteiger partial charge in [0.15, 0.2) is 0 Å². The minimum atomic E-state index is -0.300. The number of hydrogen-bond acceptors (Lipinski definition) is 4. The molecule has 0 aliphatic rings. The van der Waals surface area contributed by atoms with E-state index in [-0.39, 0.29) is 12.5 Å². The molecule has 1 aromatic carbocycles. The lowest BCUT2D eigenvalue weighted by Crippen LogP contribution is -1.84. The molecule has 6 heteroatoms. The Hall–Kier alpha value is -1.10. The number of hydrogen-bond donors (Lipinski definition) is 1. The summed E-state index contributed by atoms with van der Waals surface area (Å²) in [5.41, 5.74) is 0.576. The first kappa shape index (κ1) is 10.4. The highest BCUT2D eigenvalue weighted by Crippen LogP contribution is 2.28. The van der Waals surface area contributed by atoms with E-state index in [0.717, 1.165) is 0 Å². The van der Waals surface area contributed by atoms with Crippen LogP contribution in [0.15, 0.2) is 22.7 Å². The highest BCUT2D eigenvalue weighted by atomic mass is 35.5. The molecule has 0 atom stereocenters. The van der Waals surface area contributed by atoms with Crippen LogP contribution in [-0.4, -0.2) is 15.2 Å². The Morgan fingerprint density at radius 3 is 2.80 bits per heavy atom. The fraction of sp³-hybridized carbons (Fsp3) is 0.111. The quantitative estimate of drug-likeness (QED) is 0.883. The van der Waals surface area contributed by atoms with Crippen molar-refractivity contribution >= 4 is 23.2 Å². The minimum Gasteiger partial charge on any atom is -0.387 e. The third kappa shape index (κ3) is 2.12. The van der Waals surface area contributed by atoms with Crippen molar-refractivity contribution in [2.24, 2.45) is 0 Å². The molecule has 0 bridgehead atoms. The van der Waals surface area contributed by atoms with Gasteiger partial charge >= 0.3 is 0 Å². The third-order valence-electron chi connectivity index (χ3n) is 1.77. The van der Waals surface area contributed by atoms with Crippen LogP contribution >= 0.6 is 23.2 Å². The summed E-state index contributed by atoms with van der Waals surface area (Å²) in [7, 11) is 0. The molecule has 2 rings (SSSR count). The summed E-state index contributed by atoms with van der Waals surface area (Å²) in [6.45, 7) is -0.300. The lowest BCUT2D eigenvalue weighted by Gasteiger charge is -1.98. The Kier molecular flexibility index (Phi) is 2.90. The van der Waals surface area contributed by atoms with E-state index in [4.69, 9.17) is 32.8 Å². The van der Waals surface area contributed by atoms with Gasteiger partial charge in [-0.2, -0.15) is 4.98 Å². The predicted octanol–water partition coefficient (Wildman–Crippen LogP) is 2.54. The monoisotopic (exact) mass is 244 g/mol. The zero-order valence-corrected chi connectivity index (χ0v) is 8.96. The van der Waals surface area contributed by atoms with Crippen molar-refractivity contribution in [1.82, 2.24) is 10.1 Å². The van der Waals surface area contributed by atoms with E-state index < -0.39 is 0 Å². The van der Waals surface area contributed by atoms with E-state index >= 15 is 0 Å². The Labute approximate surface area is 95.4 Å². The topological polar surface area (TPSA) is 59.2 Å². The normalized spacial score (nSPS) is 10.6. The highest BCUT2D eigenvalue weighted by Gasteiger charge is 2.11. The number of benzene rings is 1. The van der Waals surface area contributed by atoms with Gasteiger partial charge in [0, 0.05) is 10.6 Å². The van der Waals surface area contributed by atoms with Crippen molar-refractivity contribution in [1.29, 1.82) is 0 Å². The van der Waals surface area contributed by atoms with Crippen molar-refractivity contribution in [3.05, 3.63) is 34.1 Å². The van der Waals surface area contributed by atoms with Gasteiger partial charge in [-0.15, -0.1) is 0 Å². The SMILES string of the molecule is OCc1nc(-c2cc(Cl)ccc2Cl)no1. The second-order valence-electron chi connectivity index (χ2n) is 2.79. The highest BCUT2D eigenvalue weighted by molar-refractivity contribution is 6.35. The molecule has 1 N–H and O–H groups in total. The Morgan fingerprint density at radius 2 is 2.13 bits per heavy atom. The summed E-state index contributed by atoms with van der Waals surface area (Å²) in [6, 6.07) is 4.95. The largest absolute Gasteiger partial charge is 0.387 e. The number of aromatic nitrogens is 2. The molecule has 0 radical (unpaired) electrons. The maximum Gasteiger partial charge on any atom is 0.252 e. The number of aliphatic hydroxyl groups excluding tert-OH is 1. The van der Waals surface area contributed by atoms with E-state index in [2.05, 4.69) is 10.1 Å². The Morgan fingerprint density at radius 1 is 1.33 bits per heavy atom. The van der Waals surface area contributed by atoms with E-state index in [1.54, 1.807) is 18.2 Å². The van der Waals surface area contributed by atoms with Gasteiger partial charge in [-0.05, 0) is 18.2 Å². The molecule has 0 aliphatic carbocycles. The second-order valence-corrected chi connectivity index (χ2v) is 3.64. The van der Waals surface area contributed by atoms with Crippen LogP contribution in [-0.2, 0) is 6.61 Å². The number of aliphatic hydroxyl groups is 1. The molecule has 0 unspecified atom stereocenters. The molecule has 15 heavy (non-hydrogen) atoms. The van der Waals surface area contributed by atoms with E-state index in [9.17, 15) is 0 Å². The average molecular weight is 245 g/mol. The average Bonchev–Trinajstić information content (AvgIpc) is 2.70. The zero-order valence-electron chi connectivity index (χ0n) is 7.44. The van der Waals surface area contributed by atoms with Crippen LogP contribution in [0.2, 0.25) is 10.0 Å². The molecular formula is C9H6Cl2N2O2. The number of nitrogens with zero attached hydrogens (tertiary/aromatic N) is 2.